The van der Waals surface area contributed by atoms with E-state index in [4.69, 9.17) is 4.74 Å². The summed E-state index contributed by atoms with van der Waals surface area (Å²) in [5.41, 5.74) is 1.20. The lowest BCUT2D eigenvalue weighted by Crippen LogP contribution is -2.26. The molecule has 16 heteroatoms. The lowest BCUT2D eigenvalue weighted by molar-refractivity contribution is -0.136. The van der Waals surface area contributed by atoms with Crippen molar-refractivity contribution in [1.29, 1.82) is 0 Å². The van der Waals surface area contributed by atoms with Crippen molar-refractivity contribution < 1.29 is 49.4 Å². The third-order valence-electron chi connectivity index (χ3n) is 5.58. The molecule has 0 aliphatic carbocycles. The van der Waals surface area contributed by atoms with Gasteiger partial charge in [0.15, 0.2) is 9.84 Å². The van der Waals surface area contributed by atoms with Gasteiger partial charge in [-0.1, -0.05) is 13.8 Å². The first-order valence-corrected chi connectivity index (χ1v) is 14.8. The average Bonchev–Trinajstić information content (AvgIpc) is 3.20. The molecule has 2 N–H and O–H groups in total. The largest absolute Gasteiger partial charge is 0.494 e. The number of ether oxygens (including phenoxy) is 2. The second kappa shape index (κ2) is 15.1. The van der Waals surface area contributed by atoms with Gasteiger partial charge < -0.3 is 20.1 Å². The van der Waals surface area contributed by atoms with Crippen molar-refractivity contribution >= 4 is 33.2 Å². The van der Waals surface area contributed by atoms with E-state index in [-0.39, 0.29) is 56.1 Å². The van der Waals surface area contributed by atoms with Gasteiger partial charge in [0, 0.05) is 24.9 Å². The average molecular weight is 613 g/mol. The molecule has 0 atom stereocenters. The normalized spacial score (nSPS) is 12.0. The number of anilines is 2. The number of rotatable bonds is 16. The summed E-state index contributed by atoms with van der Waals surface area (Å²) in [6.07, 6.45) is -3.88. The molecular weight excluding hydrogens is 579 g/mol. The Hall–Kier alpha value is -3.27. The summed E-state index contributed by atoms with van der Waals surface area (Å²) in [6.45, 7) is 0.0226. The van der Waals surface area contributed by atoms with Gasteiger partial charge in [0.1, 0.15) is 22.9 Å². The summed E-state index contributed by atoms with van der Waals surface area (Å²) >= 11 is 0. The summed E-state index contributed by atoms with van der Waals surface area (Å²) in [5, 5.41) is 9.47. The highest BCUT2D eigenvalue weighted by Crippen LogP contribution is 2.28. The highest BCUT2D eigenvalue weighted by atomic mass is 32.2. The molecule has 2 aromatic rings. The first-order chi connectivity index (χ1) is 19.1. The van der Waals surface area contributed by atoms with E-state index in [0.29, 0.717) is 23.4 Å². The van der Waals surface area contributed by atoms with Crippen molar-refractivity contribution in [2.45, 2.75) is 65.3 Å². The number of hydrogen-bond acceptors (Lipinski definition) is 7. The Balaban J connectivity index is 2.32. The van der Waals surface area contributed by atoms with E-state index in [0.717, 1.165) is 6.26 Å². The van der Waals surface area contributed by atoms with Crippen LogP contribution in [0.3, 0.4) is 0 Å². The number of nitrogens with one attached hydrogen (secondary N) is 2. The minimum absolute atomic E-state index is 0.0257. The highest BCUT2D eigenvalue weighted by Gasteiger charge is 2.27. The minimum atomic E-state index is -4.28. The Bertz CT molecular complexity index is 1300. The molecule has 0 fully saturated rings. The molecule has 0 spiro atoms. The van der Waals surface area contributed by atoms with E-state index < -0.39 is 46.6 Å². The van der Waals surface area contributed by atoms with E-state index in [9.17, 15) is 40.0 Å². The van der Waals surface area contributed by atoms with Crippen LogP contribution in [0.15, 0.2) is 18.2 Å². The summed E-state index contributed by atoms with van der Waals surface area (Å²) < 4.78 is 95.9. The van der Waals surface area contributed by atoms with E-state index >= 15 is 0 Å². The molecule has 230 valence electrons. The maximum absolute atomic E-state index is 13.5. The second-order valence-corrected chi connectivity index (χ2v) is 11.2. The number of amides is 2. The van der Waals surface area contributed by atoms with Gasteiger partial charge in [-0.25, -0.2) is 13.1 Å². The predicted molar refractivity (Wildman–Crippen MR) is 141 cm³/mol. The number of hydrogen-bond donors (Lipinski definition) is 2. The van der Waals surface area contributed by atoms with Crippen LogP contribution in [0.25, 0.3) is 0 Å². The molecule has 0 aliphatic heterocycles. The van der Waals surface area contributed by atoms with Gasteiger partial charge in [-0.15, -0.1) is 0 Å². The van der Waals surface area contributed by atoms with Gasteiger partial charge in [-0.3, -0.25) is 9.59 Å². The Kier molecular flexibility index (Phi) is 12.5. The molecule has 0 saturated heterocycles. The highest BCUT2D eigenvalue weighted by molar-refractivity contribution is 7.91. The number of aromatic nitrogens is 2. The Morgan fingerprint density at radius 3 is 2.37 bits per heavy atom. The van der Waals surface area contributed by atoms with Crippen LogP contribution in [0, 0.1) is 0 Å². The summed E-state index contributed by atoms with van der Waals surface area (Å²) in [4.78, 5) is 25.9. The van der Waals surface area contributed by atoms with E-state index in [1.54, 1.807) is 19.9 Å². The van der Waals surface area contributed by atoms with Crippen LogP contribution in [-0.4, -0.2) is 68.0 Å². The van der Waals surface area contributed by atoms with Crippen LogP contribution >= 0.6 is 0 Å². The number of benzene rings is 1. The fourth-order valence-corrected chi connectivity index (χ4v) is 4.35. The van der Waals surface area contributed by atoms with Crippen LogP contribution in [0.1, 0.15) is 54.7 Å². The summed E-state index contributed by atoms with van der Waals surface area (Å²) in [5.74, 6) is -2.24. The SMILES string of the molecule is CCc1cc(OCCCC(F)(F)F)ccc1NC(=O)c1c(CC)nn(CCCOC(F)F)c1NC(=O)CS(C)(=O)=O. The lowest BCUT2D eigenvalue weighted by Gasteiger charge is -2.15. The first-order valence-electron chi connectivity index (χ1n) is 12.7. The monoisotopic (exact) mass is 612 g/mol. The molecule has 10 nitrogen and oxygen atoms in total. The molecule has 2 rings (SSSR count). The molecule has 1 aromatic carbocycles. The zero-order chi connectivity index (χ0) is 30.8. The molecule has 0 aliphatic rings. The smallest absolute Gasteiger partial charge is 0.389 e. The van der Waals surface area contributed by atoms with Crippen LogP contribution < -0.4 is 15.4 Å². The van der Waals surface area contributed by atoms with Gasteiger partial charge in [-0.05, 0) is 49.4 Å². The molecule has 2 amide bonds. The lowest BCUT2D eigenvalue weighted by atomic mass is 10.1. The molecule has 1 aromatic heterocycles. The van der Waals surface area contributed by atoms with E-state index in [2.05, 4.69) is 20.5 Å². The van der Waals surface area contributed by atoms with Crippen LogP contribution in [0.4, 0.5) is 33.5 Å². The van der Waals surface area contributed by atoms with Gasteiger partial charge in [0.2, 0.25) is 5.91 Å². The first kappa shape index (κ1) is 33.9. The zero-order valence-corrected chi connectivity index (χ0v) is 23.6. The summed E-state index contributed by atoms with van der Waals surface area (Å²) in [7, 11) is -3.71. The van der Waals surface area contributed by atoms with E-state index in [1.165, 1.54) is 16.8 Å². The van der Waals surface area contributed by atoms with Crippen LogP contribution in [0.5, 0.6) is 5.75 Å². The number of carbonyl (C=O) groups is 2. The summed E-state index contributed by atoms with van der Waals surface area (Å²) in [6, 6.07) is 4.60. The second-order valence-electron chi connectivity index (χ2n) is 9.04. The number of alkyl halides is 5. The fourth-order valence-electron chi connectivity index (χ4n) is 3.80. The number of aryl methyl sites for hydroxylation is 3. The van der Waals surface area contributed by atoms with Crippen molar-refractivity contribution in [3.8, 4) is 5.75 Å². The fraction of sp³-hybridized carbons (Fsp3) is 0.560. The van der Waals surface area contributed by atoms with Crippen molar-refractivity contribution in [2.24, 2.45) is 0 Å². The predicted octanol–water partition coefficient (Wildman–Crippen LogP) is 4.59. The molecular formula is C25H33F5N4O6S. The maximum atomic E-state index is 13.5. The van der Waals surface area contributed by atoms with Crippen molar-refractivity contribution in [1.82, 2.24) is 9.78 Å². The maximum Gasteiger partial charge on any atom is 0.389 e. The van der Waals surface area contributed by atoms with Gasteiger partial charge in [-0.2, -0.15) is 27.1 Å². The minimum Gasteiger partial charge on any atom is -0.494 e. The zero-order valence-electron chi connectivity index (χ0n) is 22.8. The van der Waals surface area contributed by atoms with E-state index in [1.807, 2.05) is 0 Å². The number of halogens is 5. The Labute approximate surface area is 234 Å². The molecule has 0 saturated carbocycles. The third-order valence-corrected chi connectivity index (χ3v) is 6.36. The number of carbonyl (C=O) groups excluding carboxylic acids is 2. The Morgan fingerprint density at radius 1 is 1.07 bits per heavy atom. The third kappa shape index (κ3) is 11.6. The molecule has 0 bridgehead atoms. The molecule has 41 heavy (non-hydrogen) atoms. The topological polar surface area (TPSA) is 129 Å². The number of sulfone groups is 1. The van der Waals surface area contributed by atoms with Crippen LogP contribution in [0.2, 0.25) is 0 Å². The Morgan fingerprint density at radius 2 is 1.78 bits per heavy atom. The van der Waals surface area contributed by atoms with Crippen molar-refractivity contribution in [3.63, 3.8) is 0 Å². The van der Waals surface area contributed by atoms with Gasteiger partial charge in [0.25, 0.3) is 5.91 Å². The van der Waals surface area contributed by atoms with Gasteiger partial charge in [0.05, 0.1) is 18.9 Å². The van der Waals surface area contributed by atoms with Crippen molar-refractivity contribution in [2.75, 3.05) is 35.9 Å². The molecule has 0 unspecified atom stereocenters. The standard InChI is InChI=1S/C25H33F5N4O6S/c1-4-16-14-17(39-12-6-10-25(28,29)30)8-9-19(16)31-23(36)21-18(5-2)33-34(11-7-13-40-24(26)27)22(21)32-20(35)15-41(3,37)38/h8-9,14,24H,4-7,10-13,15H2,1-3H3,(H,31,36)(H,32,35). The number of nitrogens with zero attached hydrogens (tertiary/aromatic N) is 2. The molecule has 0 radical (unpaired) electrons. The van der Waals surface area contributed by atoms with Gasteiger partial charge >= 0.3 is 12.8 Å². The molecule has 1 heterocycles. The van der Waals surface area contributed by atoms with Crippen LogP contribution in [-0.2, 0) is 38.8 Å². The quantitative estimate of drug-likeness (QED) is 0.210. The van der Waals surface area contributed by atoms with Crippen molar-refractivity contribution in [3.05, 3.63) is 35.0 Å².